The van der Waals surface area contributed by atoms with Crippen LogP contribution in [-0.4, -0.2) is 20.6 Å². The van der Waals surface area contributed by atoms with E-state index in [0.717, 1.165) is 18.6 Å². The molecule has 0 fully saturated rings. The van der Waals surface area contributed by atoms with Crippen LogP contribution in [0.4, 0.5) is 0 Å². The first-order valence-electron chi connectivity index (χ1n) is 4.29. The number of rotatable bonds is 4. The van der Waals surface area contributed by atoms with Crippen LogP contribution in [-0.2, 0) is 19.1 Å². The molecule has 1 aromatic rings. The van der Waals surface area contributed by atoms with Crippen molar-refractivity contribution < 1.29 is 22.1 Å². The Hall–Kier alpha value is -1.82. The summed E-state index contributed by atoms with van der Waals surface area (Å²) < 4.78 is 30.1. The lowest BCUT2D eigenvalue weighted by atomic mass is 10.3. The molecule has 0 aliphatic rings. The second kappa shape index (κ2) is 5.32. The van der Waals surface area contributed by atoms with Crippen LogP contribution < -0.4 is 4.74 Å². The van der Waals surface area contributed by atoms with E-state index in [-0.39, 0.29) is 0 Å². The fraction of sp³-hybridized carbons (Fsp3) is 0.100. The van der Waals surface area contributed by atoms with E-state index in [1.54, 1.807) is 30.3 Å². The molecule has 1 rings (SSSR count). The Morgan fingerprint density at radius 3 is 2.44 bits per heavy atom. The number of carbonyl (C=O) groups is 1. The molecule has 5 nitrogen and oxygen atoms in total. The van der Waals surface area contributed by atoms with Crippen LogP contribution in [0.15, 0.2) is 42.7 Å². The van der Waals surface area contributed by atoms with Gasteiger partial charge in [0, 0.05) is 0 Å². The molecule has 0 atom stereocenters. The third-order valence-corrected chi connectivity index (χ3v) is 1.86. The Balaban J connectivity index is 2.49. The SMILES string of the molecule is CS(=O)(=O)OC=CC(=O)Oc1ccccc1. The normalized spacial score (nSPS) is 11.3. The van der Waals surface area contributed by atoms with Crippen molar-refractivity contribution >= 4 is 16.1 Å². The van der Waals surface area contributed by atoms with E-state index in [4.69, 9.17) is 4.74 Å². The minimum Gasteiger partial charge on any atom is -0.423 e. The maximum Gasteiger partial charge on any atom is 0.339 e. The Bertz CT molecular complexity index is 475. The van der Waals surface area contributed by atoms with Crippen LogP contribution in [0.5, 0.6) is 5.75 Å². The van der Waals surface area contributed by atoms with Crippen LogP contribution in [0.2, 0.25) is 0 Å². The van der Waals surface area contributed by atoms with Gasteiger partial charge in [-0.1, -0.05) is 18.2 Å². The van der Waals surface area contributed by atoms with E-state index in [0.29, 0.717) is 5.75 Å². The minimum absolute atomic E-state index is 0.372. The lowest BCUT2D eigenvalue weighted by molar-refractivity contribution is -0.129. The van der Waals surface area contributed by atoms with Crippen molar-refractivity contribution in [2.45, 2.75) is 0 Å². The zero-order valence-electron chi connectivity index (χ0n) is 8.49. The summed E-state index contributed by atoms with van der Waals surface area (Å²) in [6.45, 7) is 0. The smallest absolute Gasteiger partial charge is 0.339 e. The van der Waals surface area contributed by atoms with Gasteiger partial charge in [0.2, 0.25) is 0 Å². The van der Waals surface area contributed by atoms with Crippen LogP contribution >= 0.6 is 0 Å². The average molecular weight is 242 g/mol. The topological polar surface area (TPSA) is 69.7 Å². The van der Waals surface area contributed by atoms with E-state index in [1.807, 2.05) is 0 Å². The number of ether oxygens (including phenoxy) is 1. The molecule has 0 unspecified atom stereocenters. The summed E-state index contributed by atoms with van der Waals surface area (Å²) in [6.07, 6.45) is 2.52. The monoisotopic (exact) mass is 242 g/mol. The van der Waals surface area contributed by atoms with Gasteiger partial charge < -0.3 is 8.92 Å². The molecule has 0 radical (unpaired) electrons. The highest BCUT2D eigenvalue weighted by Crippen LogP contribution is 2.08. The van der Waals surface area contributed by atoms with Crippen molar-refractivity contribution in [1.29, 1.82) is 0 Å². The van der Waals surface area contributed by atoms with Crippen LogP contribution in [0.25, 0.3) is 0 Å². The van der Waals surface area contributed by atoms with E-state index in [9.17, 15) is 13.2 Å². The van der Waals surface area contributed by atoms with Gasteiger partial charge in [0.25, 0.3) is 0 Å². The fourth-order valence-electron chi connectivity index (χ4n) is 0.823. The molecular formula is C10H10O5S. The van der Waals surface area contributed by atoms with Gasteiger partial charge >= 0.3 is 16.1 Å². The highest BCUT2D eigenvalue weighted by atomic mass is 32.2. The number of benzene rings is 1. The van der Waals surface area contributed by atoms with Crippen molar-refractivity contribution in [2.75, 3.05) is 6.26 Å². The molecule has 1 aromatic carbocycles. The van der Waals surface area contributed by atoms with Crippen LogP contribution in [0.1, 0.15) is 0 Å². The zero-order valence-corrected chi connectivity index (χ0v) is 9.31. The Morgan fingerprint density at radius 2 is 1.88 bits per heavy atom. The Labute approximate surface area is 93.4 Å². The minimum atomic E-state index is -3.59. The first kappa shape index (κ1) is 12.3. The third-order valence-electron chi connectivity index (χ3n) is 1.40. The van der Waals surface area contributed by atoms with Gasteiger partial charge in [-0.05, 0) is 12.1 Å². The molecule has 86 valence electrons. The van der Waals surface area contributed by atoms with Gasteiger partial charge in [-0.25, -0.2) is 4.79 Å². The van der Waals surface area contributed by atoms with Gasteiger partial charge in [0.05, 0.1) is 12.3 Å². The second-order valence-electron chi connectivity index (χ2n) is 2.84. The van der Waals surface area contributed by atoms with E-state index in [1.165, 1.54) is 0 Å². The highest BCUT2D eigenvalue weighted by molar-refractivity contribution is 7.86. The van der Waals surface area contributed by atoms with Crippen LogP contribution in [0, 0.1) is 0 Å². The molecule has 0 saturated carbocycles. The molecule has 0 heterocycles. The Morgan fingerprint density at radius 1 is 1.25 bits per heavy atom. The second-order valence-corrected chi connectivity index (χ2v) is 4.44. The molecule has 6 heteroatoms. The van der Waals surface area contributed by atoms with E-state index >= 15 is 0 Å². The first-order chi connectivity index (χ1) is 7.47. The van der Waals surface area contributed by atoms with Crippen molar-refractivity contribution in [1.82, 2.24) is 0 Å². The molecule has 0 aromatic heterocycles. The number of hydrogen-bond donors (Lipinski definition) is 0. The molecular weight excluding hydrogens is 232 g/mol. The zero-order chi connectivity index (χ0) is 12.0. The molecule has 0 amide bonds. The third kappa shape index (κ3) is 5.16. The quantitative estimate of drug-likeness (QED) is 0.260. The summed E-state index contributed by atoms with van der Waals surface area (Å²) in [5.74, 6) is -0.341. The molecule has 0 aliphatic heterocycles. The van der Waals surface area contributed by atoms with Gasteiger partial charge in [-0.2, -0.15) is 8.42 Å². The highest BCUT2D eigenvalue weighted by Gasteiger charge is 2.01. The molecule has 0 spiro atoms. The summed E-state index contributed by atoms with van der Waals surface area (Å²) in [5, 5.41) is 0. The van der Waals surface area contributed by atoms with Crippen molar-refractivity contribution in [2.24, 2.45) is 0 Å². The maximum atomic E-state index is 11.1. The molecule has 16 heavy (non-hydrogen) atoms. The number of carbonyl (C=O) groups excluding carboxylic acids is 1. The predicted molar refractivity (Wildman–Crippen MR) is 57.1 cm³/mol. The van der Waals surface area contributed by atoms with Gasteiger partial charge in [-0.3, -0.25) is 0 Å². The molecule has 0 N–H and O–H groups in total. The maximum absolute atomic E-state index is 11.1. The number of esters is 1. The van der Waals surface area contributed by atoms with Crippen molar-refractivity contribution in [3.63, 3.8) is 0 Å². The van der Waals surface area contributed by atoms with Gasteiger partial charge in [-0.15, -0.1) is 0 Å². The average Bonchev–Trinajstić information content (AvgIpc) is 2.17. The lowest BCUT2D eigenvalue weighted by Crippen LogP contribution is -2.04. The standard InChI is InChI=1S/C10H10O5S/c1-16(12,13)14-8-7-10(11)15-9-5-3-2-4-6-9/h2-8H,1H3. The molecule has 0 aliphatic carbocycles. The van der Waals surface area contributed by atoms with E-state index in [2.05, 4.69) is 4.18 Å². The van der Waals surface area contributed by atoms with E-state index < -0.39 is 16.1 Å². The summed E-state index contributed by atoms with van der Waals surface area (Å²) in [5.41, 5.74) is 0. The Kier molecular flexibility index (Phi) is 4.07. The van der Waals surface area contributed by atoms with Gasteiger partial charge in [0.1, 0.15) is 12.0 Å². The summed E-state index contributed by atoms with van der Waals surface area (Å²) in [4.78, 5) is 11.1. The molecule has 0 saturated heterocycles. The van der Waals surface area contributed by atoms with Gasteiger partial charge in [0.15, 0.2) is 0 Å². The van der Waals surface area contributed by atoms with Crippen molar-refractivity contribution in [3.05, 3.63) is 42.7 Å². The largest absolute Gasteiger partial charge is 0.423 e. The fourth-order valence-corrected chi connectivity index (χ4v) is 1.08. The lowest BCUT2D eigenvalue weighted by Gasteiger charge is -1.99. The van der Waals surface area contributed by atoms with Crippen molar-refractivity contribution in [3.8, 4) is 5.75 Å². The molecule has 0 bridgehead atoms. The number of hydrogen-bond acceptors (Lipinski definition) is 5. The number of para-hydroxylation sites is 1. The summed E-state index contributed by atoms with van der Waals surface area (Å²) >= 11 is 0. The van der Waals surface area contributed by atoms with Crippen LogP contribution in [0.3, 0.4) is 0 Å². The summed E-state index contributed by atoms with van der Waals surface area (Å²) in [7, 11) is -3.59. The predicted octanol–water partition coefficient (Wildman–Crippen LogP) is 1.08. The summed E-state index contributed by atoms with van der Waals surface area (Å²) in [6, 6.07) is 8.39. The first-order valence-corrected chi connectivity index (χ1v) is 6.11.